The number of thioether (sulfide) groups is 1. The van der Waals surface area contributed by atoms with Crippen LogP contribution in [0.15, 0.2) is 33.4 Å². The van der Waals surface area contributed by atoms with Gasteiger partial charge in [0.15, 0.2) is 10.1 Å². The van der Waals surface area contributed by atoms with E-state index in [0.717, 1.165) is 34.3 Å². The smallest absolute Gasteiger partial charge is 0.174 e. The topological polar surface area (TPSA) is 47.8 Å². The van der Waals surface area contributed by atoms with Crippen LogP contribution in [0, 0.1) is 13.8 Å². The SMILES string of the molecule is Cc1cc(C(=O)CSc2nncs2)c(C)n1CCc1cccs1. The van der Waals surface area contributed by atoms with Gasteiger partial charge in [-0.25, -0.2) is 0 Å². The van der Waals surface area contributed by atoms with Gasteiger partial charge in [0.2, 0.25) is 0 Å². The normalized spacial score (nSPS) is 11.0. The van der Waals surface area contributed by atoms with E-state index in [1.165, 1.54) is 28.0 Å². The maximum absolute atomic E-state index is 12.5. The average Bonchev–Trinajstić information content (AvgIpc) is 3.26. The van der Waals surface area contributed by atoms with E-state index in [4.69, 9.17) is 0 Å². The van der Waals surface area contributed by atoms with Crippen molar-refractivity contribution in [3.63, 3.8) is 0 Å². The fraction of sp³-hybridized carbons (Fsp3) is 0.312. The molecule has 0 unspecified atom stereocenters. The first-order chi connectivity index (χ1) is 11.1. The highest BCUT2D eigenvalue weighted by Gasteiger charge is 2.16. The van der Waals surface area contributed by atoms with Gasteiger partial charge < -0.3 is 4.57 Å². The molecule has 0 N–H and O–H groups in total. The Bertz CT molecular complexity index is 776. The van der Waals surface area contributed by atoms with E-state index in [0.29, 0.717) is 5.75 Å². The van der Waals surface area contributed by atoms with E-state index >= 15 is 0 Å². The summed E-state index contributed by atoms with van der Waals surface area (Å²) in [5.74, 6) is 0.561. The van der Waals surface area contributed by atoms with Crippen LogP contribution >= 0.6 is 34.4 Å². The number of aromatic nitrogens is 3. The van der Waals surface area contributed by atoms with E-state index in [9.17, 15) is 4.79 Å². The molecular formula is C16H17N3OS3. The number of carbonyl (C=O) groups is 1. The van der Waals surface area contributed by atoms with E-state index in [1.54, 1.807) is 16.8 Å². The Labute approximate surface area is 147 Å². The predicted octanol–water partition coefficient (Wildman–Crippen LogP) is 4.24. The first-order valence-corrected chi connectivity index (χ1v) is 10.0. The summed E-state index contributed by atoms with van der Waals surface area (Å²) in [6, 6.07) is 6.24. The summed E-state index contributed by atoms with van der Waals surface area (Å²) >= 11 is 4.70. The van der Waals surface area contributed by atoms with Gasteiger partial charge in [-0.05, 0) is 37.8 Å². The second kappa shape index (κ2) is 7.42. The molecule has 0 amide bonds. The number of carbonyl (C=O) groups excluding carboxylic acids is 1. The van der Waals surface area contributed by atoms with Crippen molar-refractivity contribution in [3.05, 3.63) is 50.9 Å². The highest BCUT2D eigenvalue weighted by atomic mass is 32.2. The molecule has 0 aliphatic carbocycles. The zero-order valence-electron chi connectivity index (χ0n) is 13.0. The lowest BCUT2D eigenvalue weighted by Gasteiger charge is -2.09. The van der Waals surface area contributed by atoms with Crippen LogP contribution in [0.5, 0.6) is 0 Å². The number of thiophene rings is 1. The first-order valence-electron chi connectivity index (χ1n) is 7.26. The third-order valence-corrected chi connectivity index (χ3v) is 6.50. The Morgan fingerprint density at radius 3 is 2.91 bits per heavy atom. The maximum atomic E-state index is 12.5. The summed E-state index contributed by atoms with van der Waals surface area (Å²) in [5.41, 5.74) is 4.71. The molecule has 0 aliphatic rings. The van der Waals surface area contributed by atoms with Crippen LogP contribution < -0.4 is 0 Å². The number of Topliss-reactive ketones (excluding diaryl/α,β-unsaturated/α-hetero) is 1. The molecule has 120 valence electrons. The average molecular weight is 364 g/mol. The summed E-state index contributed by atoms with van der Waals surface area (Å²) < 4.78 is 3.08. The van der Waals surface area contributed by atoms with Gasteiger partial charge in [0.05, 0.1) is 5.75 Å². The molecule has 0 bridgehead atoms. The largest absolute Gasteiger partial charge is 0.348 e. The van der Waals surface area contributed by atoms with Crippen molar-refractivity contribution in [2.45, 2.75) is 31.2 Å². The molecular weight excluding hydrogens is 346 g/mol. The molecule has 4 nitrogen and oxygen atoms in total. The fourth-order valence-corrected chi connectivity index (χ4v) is 4.61. The fourth-order valence-electron chi connectivity index (χ4n) is 2.54. The second-order valence-electron chi connectivity index (χ2n) is 5.18. The third kappa shape index (κ3) is 3.91. The lowest BCUT2D eigenvalue weighted by Crippen LogP contribution is -2.08. The molecule has 23 heavy (non-hydrogen) atoms. The minimum Gasteiger partial charge on any atom is -0.348 e. The molecule has 0 atom stereocenters. The molecule has 0 aromatic carbocycles. The van der Waals surface area contributed by atoms with Crippen molar-refractivity contribution in [2.75, 3.05) is 5.75 Å². The van der Waals surface area contributed by atoms with Crippen LogP contribution in [-0.4, -0.2) is 26.3 Å². The second-order valence-corrected chi connectivity index (χ2v) is 8.27. The zero-order valence-corrected chi connectivity index (χ0v) is 15.4. The highest BCUT2D eigenvalue weighted by Crippen LogP contribution is 2.23. The molecule has 7 heteroatoms. The maximum Gasteiger partial charge on any atom is 0.174 e. The zero-order chi connectivity index (χ0) is 16.2. The number of nitrogens with zero attached hydrogens (tertiary/aromatic N) is 3. The van der Waals surface area contributed by atoms with Gasteiger partial charge in [0.1, 0.15) is 5.51 Å². The van der Waals surface area contributed by atoms with Gasteiger partial charge in [-0.2, -0.15) is 0 Å². The summed E-state index contributed by atoms with van der Waals surface area (Å²) in [6.45, 7) is 5.01. The lowest BCUT2D eigenvalue weighted by molar-refractivity contribution is 0.102. The number of hydrogen-bond acceptors (Lipinski definition) is 6. The number of aryl methyl sites for hydroxylation is 2. The molecule has 0 saturated heterocycles. The van der Waals surface area contributed by atoms with Crippen molar-refractivity contribution in [1.29, 1.82) is 0 Å². The van der Waals surface area contributed by atoms with Crippen LogP contribution in [0.25, 0.3) is 0 Å². The quantitative estimate of drug-likeness (QED) is 0.465. The molecule has 3 heterocycles. The highest BCUT2D eigenvalue weighted by molar-refractivity contribution is 8.01. The summed E-state index contributed by atoms with van der Waals surface area (Å²) in [5, 5.41) is 9.85. The minimum atomic E-state index is 0.153. The van der Waals surface area contributed by atoms with Crippen LogP contribution in [0.2, 0.25) is 0 Å². The van der Waals surface area contributed by atoms with E-state index in [2.05, 4.69) is 39.2 Å². The van der Waals surface area contributed by atoms with Gasteiger partial charge >= 0.3 is 0 Å². The Balaban J connectivity index is 1.67. The summed E-state index contributed by atoms with van der Waals surface area (Å²) in [7, 11) is 0. The van der Waals surface area contributed by atoms with Crippen LogP contribution in [0.1, 0.15) is 26.6 Å². The molecule has 0 aliphatic heterocycles. The Morgan fingerprint density at radius 1 is 1.35 bits per heavy atom. The first kappa shape index (κ1) is 16.4. The Morgan fingerprint density at radius 2 is 2.22 bits per heavy atom. The monoisotopic (exact) mass is 363 g/mol. The van der Waals surface area contributed by atoms with Crippen LogP contribution in [0.3, 0.4) is 0 Å². The van der Waals surface area contributed by atoms with Crippen molar-refractivity contribution in [1.82, 2.24) is 14.8 Å². The lowest BCUT2D eigenvalue weighted by atomic mass is 10.2. The van der Waals surface area contributed by atoms with E-state index in [1.807, 2.05) is 13.0 Å². The van der Waals surface area contributed by atoms with Crippen molar-refractivity contribution in [2.24, 2.45) is 0 Å². The number of ketones is 1. The molecule has 0 saturated carbocycles. The third-order valence-electron chi connectivity index (χ3n) is 3.70. The van der Waals surface area contributed by atoms with Crippen LogP contribution in [0.4, 0.5) is 0 Å². The predicted molar refractivity (Wildman–Crippen MR) is 96.9 cm³/mol. The van der Waals surface area contributed by atoms with Gasteiger partial charge in [-0.1, -0.05) is 29.2 Å². The van der Waals surface area contributed by atoms with Crippen LogP contribution in [-0.2, 0) is 13.0 Å². The molecule has 0 spiro atoms. The summed E-state index contributed by atoms with van der Waals surface area (Å²) in [6.07, 6.45) is 1.00. The number of hydrogen-bond donors (Lipinski definition) is 0. The van der Waals surface area contributed by atoms with E-state index in [-0.39, 0.29) is 5.78 Å². The van der Waals surface area contributed by atoms with Crippen molar-refractivity contribution in [3.8, 4) is 0 Å². The summed E-state index contributed by atoms with van der Waals surface area (Å²) in [4.78, 5) is 13.9. The van der Waals surface area contributed by atoms with Gasteiger partial charge in [0, 0.05) is 28.4 Å². The van der Waals surface area contributed by atoms with Gasteiger partial charge in [0.25, 0.3) is 0 Å². The Hall–Kier alpha value is -1.44. The molecule has 3 aromatic rings. The number of rotatable bonds is 7. The Kier molecular flexibility index (Phi) is 5.30. The van der Waals surface area contributed by atoms with Crippen molar-refractivity contribution >= 4 is 40.2 Å². The molecule has 3 aromatic heterocycles. The molecule has 0 fully saturated rings. The minimum absolute atomic E-state index is 0.153. The molecule has 3 rings (SSSR count). The van der Waals surface area contributed by atoms with Gasteiger partial charge in [-0.15, -0.1) is 21.5 Å². The standard InChI is InChI=1S/C16H17N3OS3/c1-11-8-14(15(20)9-22-16-18-17-10-23-16)12(2)19(11)6-5-13-4-3-7-21-13/h3-4,7-8,10H,5-6,9H2,1-2H3. The van der Waals surface area contributed by atoms with E-state index < -0.39 is 0 Å². The molecule has 0 radical (unpaired) electrons. The van der Waals surface area contributed by atoms with Crippen molar-refractivity contribution < 1.29 is 4.79 Å². The van der Waals surface area contributed by atoms with Gasteiger partial charge in [-0.3, -0.25) is 4.79 Å².